The molecule has 0 bridgehead atoms. The molecule has 0 fully saturated rings. The molecule has 3 rings (SSSR count). The van der Waals surface area contributed by atoms with E-state index in [1.807, 2.05) is 30.3 Å². The Bertz CT molecular complexity index is 947. The number of rotatable bonds is 5. The van der Waals surface area contributed by atoms with Gasteiger partial charge in [0.1, 0.15) is 5.01 Å². The topological polar surface area (TPSA) is 87.1 Å². The number of hydrogen-bond acceptors (Lipinski definition) is 5. The number of aromatic nitrogens is 2. The number of hydrogen-bond donors (Lipinski definition) is 3. The normalized spacial score (nSPS) is 12.4. The van der Waals surface area contributed by atoms with E-state index in [1.165, 1.54) is 23.5 Å². The van der Waals surface area contributed by atoms with Gasteiger partial charge in [-0.05, 0) is 17.7 Å². The molecule has 0 spiro atoms. The molecule has 3 N–H and O–H groups in total. The number of urea groups is 1. The molecule has 0 aliphatic carbocycles. The summed E-state index contributed by atoms with van der Waals surface area (Å²) in [4.78, 5) is 11.9. The van der Waals surface area contributed by atoms with Crippen LogP contribution in [0.4, 0.5) is 23.1 Å². The van der Waals surface area contributed by atoms with Crippen molar-refractivity contribution in [2.45, 2.75) is 12.3 Å². The van der Waals surface area contributed by atoms with Crippen LogP contribution >= 0.6 is 11.3 Å². The Hall–Kier alpha value is -2.98. The molecule has 1 unspecified atom stereocenters. The Morgan fingerprint density at radius 1 is 1.11 bits per heavy atom. The van der Waals surface area contributed by atoms with Gasteiger partial charge in [0.05, 0.1) is 11.7 Å². The fourth-order valence-electron chi connectivity index (χ4n) is 2.34. The lowest BCUT2D eigenvalue weighted by Gasteiger charge is -2.14. The van der Waals surface area contributed by atoms with Crippen LogP contribution in [0.25, 0.3) is 10.6 Å². The number of aliphatic hydroxyl groups is 1. The summed E-state index contributed by atoms with van der Waals surface area (Å²) in [6.07, 6.45) is -5.79. The molecule has 146 valence electrons. The molecule has 1 heterocycles. The number of anilines is 1. The highest BCUT2D eigenvalue weighted by molar-refractivity contribution is 7.18. The molecule has 0 saturated heterocycles. The van der Waals surface area contributed by atoms with Crippen molar-refractivity contribution in [2.24, 2.45) is 0 Å². The van der Waals surface area contributed by atoms with Crippen molar-refractivity contribution in [3.8, 4) is 10.6 Å². The van der Waals surface area contributed by atoms with E-state index >= 15 is 0 Å². The number of amides is 2. The number of carbonyl (C=O) groups excluding carboxylic acids is 1. The summed E-state index contributed by atoms with van der Waals surface area (Å²) < 4.78 is 38.2. The van der Waals surface area contributed by atoms with E-state index in [2.05, 4.69) is 20.8 Å². The van der Waals surface area contributed by atoms with Gasteiger partial charge in [-0.1, -0.05) is 53.8 Å². The minimum Gasteiger partial charge on any atom is -0.387 e. The van der Waals surface area contributed by atoms with Crippen molar-refractivity contribution in [2.75, 3.05) is 11.9 Å². The Labute approximate surface area is 162 Å². The van der Waals surface area contributed by atoms with Crippen LogP contribution in [0, 0.1) is 0 Å². The summed E-state index contributed by atoms with van der Waals surface area (Å²) in [6, 6.07) is 13.0. The maximum atomic E-state index is 12.7. The van der Waals surface area contributed by atoms with Crippen LogP contribution in [-0.4, -0.2) is 27.9 Å². The monoisotopic (exact) mass is 408 g/mol. The van der Waals surface area contributed by atoms with E-state index in [1.54, 1.807) is 0 Å². The van der Waals surface area contributed by atoms with Gasteiger partial charge >= 0.3 is 12.2 Å². The number of nitrogens with one attached hydrogen (secondary N) is 2. The Kier molecular flexibility index (Phi) is 5.90. The Morgan fingerprint density at radius 2 is 1.86 bits per heavy atom. The first-order chi connectivity index (χ1) is 13.3. The quantitative estimate of drug-likeness (QED) is 0.594. The van der Waals surface area contributed by atoms with Crippen LogP contribution < -0.4 is 10.6 Å². The van der Waals surface area contributed by atoms with Crippen LogP contribution in [0.5, 0.6) is 0 Å². The third-order valence-electron chi connectivity index (χ3n) is 3.72. The molecule has 3 aromatic rings. The SMILES string of the molecule is O=C(NCC(O)c1cccc(C(F)(F)F)c1)Nc1nnc(-c2ccccc2)s1. The molecule has 28 heavy (non-hydrogen) atoms. The van der Waals surface area contributed by atoms with Crippen LogP contribution in [0.3, 0.4) is 0 Å². The predicted molar refractivity (Wildman–Crippen MR) is 98.8 cm³/mol. The Morgan fingerprint density at radius 3 is 2.57 bits per heavy atom. The highest BCUT2D eigenvalue weighted by Gasteiger charge is 2.30. The Balaban J connectivity index is 1.55. The molecule has 0 saturated carbocycles. The van der Waals surface area contributed by atoms with E-state index in [-0.39, 0.29) is 17.2 Å². The lowest BCUT2D eigenvalue weighted by molar-refractivity contribution is -0.137. The fraction of sp³-hybridized carbons (Fsp3) is 0.167. The molecule has 1 atom stereocenters. The smallest absolute Gasteiger partial charge is 0.387 e. The summed E-state index contributed by atoms with van der Waals surface area (Å²) in [5.41, 5.74) is 0.0432. The van der Waals surface area contributed by atoms with Crippen LogP contribution in [0.1, 0.15) is 17.2 Å². The second-order valence-electron chi connectivity index (χ2n) is 5.75. The van der Waals surface area contributed by atoms with E-state index in [4.69, 9.17) is 0 Å². The zero-order valence-corrected chi connectivity index (χ0v) is 15.1. The fourth-order valence-corrected chi connectivity index (χ4v) is 3.09. The molecule has 0 aliphatic rings. The first-order valence-electron chi connectivity index (χ1n) is 8.12. The number of alkyl halides is 3. The third kappa shape index (κ3) is 5.05. The lowest BCUT2D eigenvalue weighted by Crippen LogP contribution is -2.32. The molecule has 1 aromatic heterocycles. The predicted octanol–water partition coefficient (Wildman–Crippen LogP) is 4.08. The number of benzene rings is 2. The minimum absolute atomic E-state index is 0.0532. The van der Waals surface area contributed by atoms with Crippen molar-refractivity contribution < 1.29 is 23.1 Å². The third-order valence-corrected chi connectivity index (χ3v) is 4.61. The first-order valence-corrected chi connectivity index (χ1v) is 8.93. The second kappa shape index (κ2) is 8.36. The molecule has 10 heteroatoms. The summed E-state index contributed by atoms with van der Waals surface area (Å²) >= 11 is 1.17. The van der Waals surface area contributed by atoms with Gasteiger partial charge in [0.25, 0.3) is 0 Å². The molecular formula is C18H15F3N4O2S. The highest BCUT2D eigenvalue weighted by Crippen LogP contribution is 2.30. The maximum Gasteiger partial charge on any atom is 0.416 e. The summed E-state index contributed by atoms with van der Waals surface area (Å²) in [5, 5.41) is 23.6. The summed E-state index contributed by atoms with van der Waals surface area (Å²) in [5.74, 6) is 0. The van der Waals surface area contributed by atoms with E-state index in [0.717, 1.165) is 17.7 Å². The summed E-state index contributed by atoms with van der Waals surface area (Å²) in [6.45, 7) is -0.266. The van der Waals surface area contributed by atoms with E-state index < -0.39 is 23.9 Å². The summed E-state index contributed by atoms with van der Waals surface area (Å²) in [7, 11) is 0. The number of halogens is 3. The van der Waals surface area contributed by atoms with Crippen molar-refractivity contribution in [1.29, 1.82) is 0 Å². The van der Waals surface area contributed by atoms with Gasteiger partial charge in [-0.25, -0.2) is 4.79 Å². The number of carbonyl (C=O) groups is 1. The van der Waals surface area contributed by atoms with Crippen molar-refractivity contribution in [3.63, 3.8) is 0 Å². The molecule has 2 aromatic carbocycles. The zero-order valence-electron chi connectivity index (χ0n) is 14.3. The van der Waals surface area contributed by atoms with Gasteiger partial charge in [0, 0.05) is 12.1 Å². The number of aliphatic hydroxyl groups excluding tert-OH is 1. The van der Waals surface area contributed by atoms with Gasteiger partial charge in [0.15, 0.2) is 0 Å². The molecular weight excluding hydrogens is 393 g/mol. The molecule has 0 radical (unpaired) electrons. The van der Waals surface area contributed by atoms with Gasteiger partial charge in [-0.3, -0.25) is 5.32 Å². The van der Waals surface area contributed by atoms with Crippen molar-refractivity contribution >= 4 is 22.5 Å². The van der Waals surface area contributed by atoms with Crippen LogP contribution in [0.15, 0.2) is 54.6 Å². The maximum absolute atomic E-state index is 12.7. The van der Waals surface area contributed by atoms with Crippen LogP contribution in [-0.2, 0) is 6.18 Å². The van der Waals surface area contributed by atoms with E-state index in [9.17, 15) is 23.1 Å². The van der Waals surface area contributed by atoms with Crippen LogP contribution in [0.2, 0.25) is 0 Å². The molecule has 2 amide bonds. The van der Waals surface area contributed by atoms with Gasteiger partial charge in [0.2, 0.25) is 5.13 Å². The standard InChI is InChI=1S/C18H15F3N4O2S/c19-18(20,21)13-8-4-7-12(9-13)14(26)10-22-16(27)23-17-25-24-15(28-17)11-5-2-1-3-6-11/h1-9,14,26H,10H2,(H2,22,23,25,27). The second-order valence-corrected chi connectivity index (χ2v) is 6.73. The van der Waals surface area contributed by atoms with Gasteiger partial charge in [-0.2, -0.15) is 13.2 Å². The lowest BCUT2D eigenvalue weighted by atomic mass is 10.1. The average molecular weight is 408 g/mol. The largest absolute Gasteiger partial charge is 0.416 e. The van der Waals surface area contributed by atoms with Gasteiger partial charge in [-0.15, -0.1) is 10.2 Å². The minimum atomic E-state index is -4.51. The van der Waals surface area contributed by atoms with E-state index in [0.29, 0.717) is 5.01 Å². The number of nitrogens with zero attached hydrogens (tertiary/aromatic N) is 2. The highest BCUT2D eigenvalue weighted by atomic mass is 32.1. The zero-order chi connectivity index (χ0) is 20.1. The first kappa shape index (κ1) is 19.8. The van der Waals surface area contributed by atoms with Crippen molar-refractivity contribution in [1.82, 2.24) is 15.5 Å². The van der Waals surface area contributed by atoms with Crippen molar-refractivity contribution in [3.05, 3.63) is 65.7 Å². The van der Waals surface area contributed by atoms with Gasteiger partial charge < -0.3 is 10.4 Å². The molecule has 6 nitrogen and oxygen atoms in total. The molecule has 0 aliphatic heterocycles. The average Bonchev–Trinajstić information content (AvgIpc) is 3.14.